The summed E-state index contributed by atoms with van der Waals surface area (Å²) in [5.41, 5.74) is 2.83. The Bertz CT molecular complexity index is 738. The summed E-state index contributed by atoms with van der Waals surface area (Å²) in [6.45, 7) is 2.04. The number of aromatic nitrogens is 4. The minimum absolute atomic E-state index is 0.407. The molecule has 0 aliphatic rings. The van der Waals surface area contributed by atoms with Crippen molar-refractivity contribution in [3.8, 4) is 11.4 Å². The summed E-state index contributed by atoms with van der Waals surface area (Å²) in [5, 5.41) is 8.68. The molecule has 0 atom stereocenters. The summed E-state index contributed by atoms with van der Waals surface area (Å²) in [5.74, 6) is 0.737. The van der Waals surface area contributed by atoms with Crippen molar-refractivity contribution in [3.05, 3.63) is 45.8 Å². The van der Waals surface area contributed by atoms with Gasteiger partial charge in [0.25, 0.3) is 0 Å². The monoisotopic (exact) mass is 322 g/mol. The fraction of sp³-hybridized carbons (Fsp3) is 0.0833. The van der Waals surface area contributed by atoms with Gasteiger partial charge < -0.3 is 0 Å². The van der Waals surface area contributed by atoms with Crippen LogP contribution in [0.4, 0.5) is 0 Å². The van der Waals surface area contributed by atoms with E-state index in [4.69, 9.17) is 11.6 Å². The van der Waals surface area contributed by atoms with E-state index < -0.39 is 0 Å². The van der Waals surface area contributed by atoms with E-state index in [1.165, 1.54) is 5.56 Å². The van der Waals surface area contributed by atoms with Crippen molar-refractivity contribution in [2.24, 2.45) is 0 Å². The number of hydrogen-bond donors (Lipinski definition) is 0. The van der Waals surface area contributed by atoms with Crippen molar-refractivity contribution in [3.63, 3.8) is 0 Å². The Balaban J connectivity index is 2.25. The first-order chi connectivity index (χ1) is 8.65. The molecule has 4 nitrogen and oxygen atoms in total. The Kier molecular flexibility index (Phi) is 2.80. The molecule has 0 radical (unpaired) electrons. The Hall–Kier alpha value is -1.46. The molecule has 6 heteroatoms. The van der Waals surface area contributed by atoms with Gasteiger partial charge in [0.2, 0.25) is 0 Å². The largest absolute Gasteiger partial charge is 0.265 e. The van der Waals surface area contributed by atoms with E-state index >= 15 is 0 Å². The minimum Gasteiger partial charge on any atom is -0.265 e. The molecule has 0 bridgehead atoms. The topological polar surface area (TPSA) is 43.1 Å². The number of fused-ring (bicyclic) bond motifs is 1. The fourth-order valence-electron chi connectivity index (χ4n) is 1.76. The van der Waals surface area contributed by atoms with Crippen LogP contribution in [0.5, 0.6) is 0 Å². The lowest BCUT2D eigenvalue weighted by Gasteiger charge is -2.03. The average Bonchev–Trinajstić information content (AvgIpc) is 2.72. The molecule has 90 valence electrons. The highest BCUT2D eigenvalue weighted by Gasteiger charge is 2.11. The van der Waals surface area contributed by atoms with Crippen LogP contribution in [0.3, 0.4) is 0 Å². The molecular formula is C12H8BrClN4. The third-order valence-electron chi connectivity index (χ3n) is 2.63. The van der Waals surface area contributed by atoms with Crippen LogP contribution in [0.25, 0.3) is 17.0 Å². The molecule has 0 unspecified atom stereocenters. The van der Waals surface area contributed by atoms with E-state index in [9.17, 15) is 0 Å². The van der Waals surface area contributed by atoms with Crippen molar-refractivity contribution in [2.45, 2.75) is 6.92 Å². The summed E-state index contributed by atoms with van der Waals surface area (Å²) < 4.78 is 2.79. The Morgan fingerprint density at radius 1 is 1.22 bits per heavy atom. The molecule has 0 aliphatic carbocycles. The second-order valence-electron chi connectivity index (χ2n) is 3.95. The third-order valence-corrected chi connectivity index (χ3v) is 3.50. The van der Waals surface area contributed by atoms with Crippen LogP contribution < -0.4 is 0 Å². The predicted octanol–water partition coefficient (Wildman–Crippen LogP) is 3.52. The molecule has 3 aromatic rings. The number of hydrogen-bond acceptors (Lipinski definition) is 3. The zero-order valence-electron chi connectivity index (χ0n) is 9.43. The molecule has 18 heavy (non-hydrogen) atoms. The molecule has 2 aromatic heterocycles. The molecule has 0 spiro atoms. The van der Waals surface area contributed by atoms with E-state index in [1.807, 2.05) is 25.1 Å². The quantitative estimate of drug-likeness (QED) is 0.644. The highest BCUT2D eigenvalue weighted by atomic mass is 79.9. The summed E-state index contributed by atoms with van der Waals surface area (Å²) in [6, 6.07) is 7.76. The molecule has 2 heterocycles. The van der Waals surface area contributed by atoms with E-state index in [-0.39, 0.29) is 0 Å². The van der Waals surface area contributed by atoms with Gasteiger partial charge in [-0.25, -0.2) is 4.98 Å². The van der Waals surface area contributed by atoms with Gasteiger partial charge in [-0.15, -0.1) is 10.2 Å². The van der Waals surface area contributed by atoms with Crippen molar-refractivity contribution in [2.75, 3.05) is 0 Å². The molecule has 0 saturated carbocycles. The van der Waals surface area contributed by atoms with Gasteiger partial charge in [-0.1, -0.05) is 33.6 Å². The Morgan fingerprint density at radius 3 is 2.83 bits per heavy atom. The van der Waals surface area contributed by atoms with Gasteiger partial charge in [0.1, 0.15) is 11.5 Å². The summed E-state index contributed by atoms with van der Waals surface area (Å²) in [4.78, 5) is 4.05. The van der Waals surface area contributed by atoms with Gasteiger partial charge in [-0.05, 0) is 24.6 Å². The fourth-order valence-corrected chi connectivity index (χ4v) is 2.57. The predicted molar refractivity (Wildman–Crippen MR) is 73.7 cm³/mol. The Morgan fingerprint density at radius 2 is 2.06 bits per heavy atom. The highest BCUT2D eigenvalue weighted by Crippen LogP contribution is 2.28. The van der Waals surface area contributed by atoms with Crippen molar-refractivity contribution >= 4 is 33.2 Å². The maximum Gasteiger partial charge on any atom is 0.170 e. The molecule has 3 rings (SSSR count). The molecular weight excluding hydrogens is 316 g/mol. The van der Waals surface area contributed by atoms with Crippen LogP contribution in [0.1, 0.15) is 5.56 Å². The van der Waals surface area contributed by atoms with Gasteiger partial charge in [0.15, 0.2) is 11.5 Å². The number of rotatable bonds is 1. The first-order valence-electron chi connectivity index (χ1n) is 5.28. The lowest BCUT2D eigenvalue weighted by Crippen LogP contribution is -1.92. The van der Waals surface area contributed by atoms with Crippen LogP contribution in [0.15, 0.2) is 35.1 Å². The molecule has 0 saturated heterocycles. The van der Waals surface area contributed by atoms with Gasteiger partial charge >= 0.3 is 0 Å². The lowest BCUT2D eigenvalue weighted by atomic mass is 10.1. The number of aryl methyl sites for hydroxylation is 1. The SMILES string of the molecule is Cc1ccc(-c2nnc3cc(Cl)ncn23)c(Br)c1. The van der Waals surface area contributed by atoms with Gasteiger partial charge in [-0.2, -0.15) is 0 Å². The third kappa shape index (κ3) is 1.89. The maximum absolute atomic E-state index is 5.82. The summed E-state index contributed by atoms with van der Waals surface area (Å²) >= 11 is 9.37. The van der Waals surface area contributed by atoms with Crippen molar-refractivity contribution < 1.29 is 0 Å². The van der Waals surface area contributed by atoms with Crippen molar-refractivity contribution in [1.82, 2.24) is 19.6 Å². The average molecular weight is 324 g/mol. The lowest BCUT2D eigenvalue weighted by molar-refractivity contribution is 1.08. The van der Waals surface area contributed by atoms with Gasteiger partial charge in [0.05, 0.1) is 0 Å². The van der Waals surface area contributed by atoms with Crippen LogP contribution in [0, 0.1) is 6.92 Å². The van der Waals surface area contributed by atoms with E-state index in [1.54, 1.807) is 16.8 Å². The Labute approximate surface area is 117 Å². The van der Waals surface area contributed by atoms with Crippen LogP contribution in [-0.2, 0) is 0 Å². The second kappa shape index (κ2) is 4.33. The number of halogens is 2. The normalized spacial score (nSPS) is 11.1. The highest BCUT2D eigenvalue weighted by molar-refractivity contribution is 9.10. The van der Waals surface area contributed by atoms with Gasteiger partial charge in [0, 0.05) is 16.1 Å². The summed E-state index contributed by atoms with van der Waals surface area (Å²) in [6.07, 6.45) is 1.62. The summed E-state index contributed by atoms with van der Waals surface area (Å²) in [7, 11) is 0. The molecule has 0 N–H and O–H groups in total. The van der Waals surface area contributed by atoms with E-state index in [0.717, 1.165) is 15.9 Å². The minimum atomic E-state index is 0.407. The van der Waals surface area contributed by atoms with Gasteiger partial charge in [-0.3, -0.25) is 4.40 Å². The maximum atomic E-state index is 5.82. The number of benzene rings is 1. The second-order valence-corrected chi connectivity index (χ2v) is 5.19. The smallest absolute Gasteiger partial charge is 0.170 e. The van der Waals surface area contributed by atoms with Crippen LogP contribution in [0.2, 0.25) is 5.15 Å². The standard InChI is InChI=1S/C12H8BrClN4/c1-7-2-3-8(9(13)4-7)12-17-16-11-5-10(14)15-6-18(11)12/h2-6H,1H3. The zero-order valence-corrected chi connectivity index (χ0v) is 11.8. The van der Waals surface area contributed by atoms with E-state index in [2.05, 4.69) is 31.1 Å². The van der Waals surface area contributed by atoms with Crippen LogP contribution in [-0.4, -0.2) is 19.6 Å². The molecule has 0 aliphatic heterocycles. The number of nitrogens with zero attached hydrogens (tertiary/aromatic N) is 4. The first-order valence-corrected chi connectivity index (χ1v) is 6.45. The van der Waals surface area contributed by atoms with Crippen molar-refractivity contribution in [1.29, 1.82) is 0 Å². The molecule has 1 aromatic carbocycles. The van der Waals surface area contributed by atoms with Crippen LogP contribution >= 0.6 is 27.5 Å². The first kappa shape index (κ1) is 11.6. The molecule has 0 fully saturated rings. The zero-order chi connectivity index (χ0) is 12.7. The van der Waals surface area contributed by atoms with E-state index in [0.29, 0.717) is 10.8 Å². The molecule has 0 amide bonds.